The van der Waals surface area contributed by atoms with Crippen LogP contribution in [0.25, 0.3) is 0 Å². The van der Waals surface area contributed by atoms with Crippen molar-refractivity contribution in [2.75, 3.05) is 17.7 Å². The van der Waals surface area contributed by atoms with Crippen LogP contribution in [0.4, 0.5) is 15.8 Å². The maximum absolute atomic E-state index is 13.2. The monoisotopic (exact) mass is 364 g/mol. The Morgan fingerprint density at radius 2 is 1.48 bits per heavy atom. The molecule has 0 aliphatic carbocycles. The number of carbonyl (C=O) groups is 2. The van der Waals surface area contributed by atoms with Gasteiger partial charge in [0.25, 0.3) is 11.8 Å². The van der Waals surface area contributed by atoms with Gasteiger partial charge in [-0.25, -0.2) is 4.39 Å². The Morgan fingerprint density at radius 1 is 0.815 bits per heavy atom. The number of anilines is 2. The Morgan fingerprint density at radius 3 is 2.19 bits per heavy atom. The lowest BCUT2D eigenvalue weighted by molar-refractivity contribution is 0.102. The SMILES string of the molecule is COc1ccccc1NC(=O)c1cccc(C(=O)Nc2cccc(F)c2)c1. The van der Waals surface area contributed by atoms with Crippen LogP contribution < -0.4 is 15.4 Å². The zero-order valence-corrected chi connectivity index (χ0v) is 14.5. The number of ether oxygens (including phenoxy) is 1. The predicted octanol–water partition coefficient (Wildman–Crippen LogP) is 4.34. The lowest BCUT2D eigenvalue weighted by atomic mass is 10.1. The number of nitrogens with one attached hydrogen (secondary N) is 2. The largest absolute Gasteiger partial charge is 0.495 e. The van der Waals surface area contributed by atoms with Gasteiger partial charge >= 0.3 is 0 Å². The van der Waals surface area contributed by atoms with Crippen LogP contribution >= 0.6 is 0 Å². The summed E-state index contributed by atoms with van der Waals surface area (Å²) in [7, 11) is 1.52. The standard InChI is InChI=1S/C21H17FN2O3/c1-27-19-11-3-2-10-18(19)24-21(26)15-7-4-6-14(12-15)20(25)23-17-9-5-8-16(22)13-17/h2-13H,1H3,(H,23,25)(H,24,26). The summed E-state index contributed by atoms with van der Waals surface area (Å²) in [5, 5.41) is 5.36. The molecule has 0 unspecified atom stereocenters. The minimum atomic E-state index is -0.447. The number of para-hydroxylation sites is 2. The Hall–Kier alpha value is -3.67. The summed E-state index contributed by atoms with van der Waals surface area (Å²) in [6.45, 7) is 0. The predicted molar refractivity (Wildman–Crippen MR) is 102 cm³/mol. The second-order valence-corrected chi connectivity index (χ2v) is 5.70. The highest BCUT2D eigenvalue weighted by Crippen LogP contribution is 2.23. The fourth-order valence-electron chi connectivity index (χ4n) is 2.51. The summed E-state index contributed by atoms with van der Waals surface area (Å²) < 4.78 is 18.5. The van der Waals surface area contributed by atoms with Gasteiger partial charge in [0.2, 0.25) is 0 Å². The molecule has 3 aromatic rings. The average molecular weight is 364 g/mol. The van der Waals surface area contributed by atoms with Crippen LogP contribution in [-0.2, 0) is 0 Å². The fourth-order valence-corrected chi connectivity index (χ4v) is 2.51. The van der Waals surface area contributed by atoms with Crippen LogP contribution in [-0.4, -0.2) is 18.9 Å². The summed E-state index contributed by atoms with van der Waals surface area (Å²) in [4.78, 5) is 24.9. The van der Waals surface area contributed by atoms with Gasteiger partial charge in [-0.1, -0.05) is 24.3 Å². The minimum Gasteiger partial charge on any atom is -0.495 e. The fraction of sp³-hybridized carbons (Fsp3) is 0.0476. The molecule has 3 aromatic carbocycles. The molecule has 2 N–H and O–H groups in total. The molecule has 0 aliphatic rings. The Bertz CT molecular complexity index is 988. The van der Waals surface area contributed by atoms with Crippen LogP contribution in [0.5, 0.6) is 5.75 Å². The number of halogens is 1. The van der Waals surface area contributed by atoms with Gasteiger partial charge in [-0.2, -0.15) is 0 Å². The first kappa shape index (κ1) is 18.1. The minimum absolute atomic E-state index is 0.284. The van der Waals surface area contributed by atoms with Gasteiger partial charge in [0.05, 0.1) is 12.8 Å². The third kappa shape index (κ3) is 4.49. The van der Waals surface area contributed by atoms with Crippen LogP contribution in [0.2, 0.25) is 0 Å². The number of hydrogen-bond acceptors (Lipinski definition) is 3. The van der Waals surface area contributed by atoms with Crippen molar-refractivity contribution in [1.82, 2.24) is 0 Å². The van der Waals surface area contributed by atoms with Gasteiger partial charge in [0.15, 0.2) is 0 Å². The first-order valence-corrected chi connectivity index (χ1v) is 8.18. The Kier molecular flexibility index (Phi) is 5.47. The normalized spacial score (nSPS) is 10.1. The molecule has 5 nitrogen and oxygen atoms in total. The van der Waals surface area contributed by atoms with Crippen molar-refractivity contribution in [3.05, 3.63) is 89.7 Å². The number of carbonyl (C=O) groups excluding carboxylic acids is 2. The maximum atomic E-state index is 13.2. The van der Waals surface area contributed by atoms with Crippen LogP contribution in [0.3, 0.4) is 0 Å². The summed E-state index contributed by atoms with van der Waals surface area (Å²) in [5.41, 5.74) is 1.46. The molecule has 0 radical (unpaired) electrons. The highest BCUT2D eigenvalue weighted by molar-refractivity contribution is 6.09. The molecule has 0 saturated carbocycles. The molecule has 0 aliphatic heterocycles. The number of amides is 2. The third-order valence-corrected chi connectivity index (χ3v) is 3.82. The molecule has 3 rings (SSSR count). The molecule has 0 atom stereocenters. The van der Waals surface area contributed by atoms with Crippen molar-refractivity contribution >= 4 is 23.2 Å². The third-order valence-electron chi connectivity index (χ3n) is 3.82. The summed E-state index contributed by atoms with van der Waals surface area (Å²) >= 11 is 0. The van der Waals surface area contributed by atoms with Crippen molar-refractivity contribution in [3.8, 4) is 5.75 Å². The molecule has 27 heavy (non-hydrogen) atoms. The van der Waals surface area contributed by atoms with Crippen LogP contribution in [0.1, 0.15) is 20.7 Å². The van der Waals surface area contributed by atoms with Crippen molar-refractivity contribution in [1.29, 1.82) is 0 Å². The lowest BCUT2D eigenvalue weighted by Gasteiger charge is -2.10. The topological polar surface area (TPSA) is 67.4 Å². The van der Waals surface area contributed by atoms with Gasteiger partial charge in [-0.05, 0) is 48.5 Å². The number of hydrogen-bond donors (Lipinski definition) is 2. The first-order chi connectivity index (χ1) is 13.1. The van der Waals surface area contributed by atoms with E-state index >= 15 is 0 Å². The summed E-state index contributed by atoms with van der Waals surface area (Å²) in [6.07, 6.45) is 0. The molecular weight excluding hydrogens is 347 g/mol. The van der Waals surface area contributed by atoms with E-state index < -0.39 is 11.7 Å². The van der Waals surface area contributed by atoms with Crippen molar-refractivity contribution in [3.63, 3.8) is 0 Å². The second kappa shape index (κ2) is 8.14. The smallest absolute Gasteiger partial charge is 0.255 e. The van der Waals surface area contributed by atoms with Gasteiger partial charge in [0, 0.05) is 16.8 Å². The Labute approximate surface area is 155 Å². The molecule has 0 bridgehead atoms. The molecular formula is C21H17FN2O3. The van der Waals surface area contributed by atoms with E-state index in [1.807, 2.05) is 0 Å². The first-order valence-electron chi connectivity index (χ1n) is 8.18. The average Bonchev–Trinajstić information content (AvgIpc) is 2.68. The maximum Gasteiger partial charge on any atom is 0.255 e. The van der Waals surface area contributed by atoms with E-state index in [0.29, 0.717) is 22.7 Å². The summed E-state index contributed by atoms with van der Waals surface area (Å²) in [5.74, 6) is -0.726. The molecule has 0 fully saturated rings. The molecule has 0 heterocycles. The van der Waals surface area contributed by atoms with E-state index in [4.69, 9.17) is 4.74 Å². The molecule has 0 saturated heterocycles. The van der Waals surface area contributed by atoms with E-state index in [0.717, 1.165) is 0 Å². The highest BCUT2D eigenvalue weighted by Gasteiger charge is 2.13. The van der Waals surface area contributed by atoms with Crippen molar-refractivity contribution in [2.45, 2.75) is 0 Å². The number of rotatable bonds is 5. The van der Waals surface area contributed by atoms with Gasteiger partial charge < -0.3 is 15.4 Å². The van der Waals surface area contributed by atoms with E-state index in [1.54, 1.807) is 48.5 Å². The lowest BCUT2D eigenvalue weighted by Crippen LogP contribution is -2.16. The van der Waals surface area contributed by atoms with Gasteiger partial charge in [-0.3, -0.25) is 9.59 Å². The molecule has 136 valence electrons. The zero-order chi connectivity index (χ0) is 19.2. The van der Waals surface area contributed by atoms with Crippen molar-refractivity contribution in [2.24, 2.45) is 0 Å². The van der Waals surface area contributed by atoms with E-state index in [-0.39, 0.29) is 11.5 Å². The highest BCUT2D eigenvalue weighted by atomic mass is 19.1. The molecule has 0 aromatic heterocycles. The number of benzene rings is 3. The zero-order valence-electron chi connectivity index (χ0n) is 14.5. The van der Waals surface area contributed by atoms with Gasteiger partial charge in [-0.15, -0.1) is 0 Å². The van der Waals surface area contributed by atoms with Crippen molar-refractivity contribution < 1.29 is 18.7 Å². The van der Waals surface area contributed by atoms with Crippen LogP contribution in [0.15, 0.2) is 72.8 Å². The van der Waals surface area contributed by atoms with Crippen LogP contribution in [0, 0.1) is 5.82 Å². The second-order valence-electron chi connectivity index (χ2n) is 5.70. The number of methoxy groups -OCH3 is 1. The molecule has 2 amide bonds. The summed E-state index contributed by atoms with van der Waals surface area (Å²) in [6, 6.07) is 18.9. The molecule has 0 spiro atoms. The quantitative estimate of drug-likeness (QED) is 0.708. The Balaban J connectivity index is 1.76. The van der Waals surface area contributed by atoms with E-state index in [1.165, 1.54) is 31.4 Å². The molecule has 6 heteroatoms. The van der Waals surface area contributed by atoms with E-state index in [9.17, 15) is 14.0 Å². The van der Waals surface area contributed by atoms with E-state index in [2.05, 4.69) is 10.6 Å². The van der Waals surface area contributed by atoms with Gasteiger partial charge in [0.1, 0.15) is 11.6 Å².